The highest BCUT2D eigenvalue weighted by Gasteiger charge is 2.20. The summed E-state index contributed by atoms with van der Waals surface area (Å²) in [5, 5.41) is 5.80. The van der Waals surface area contributed by atoms with Gasteiger partial charge in [-0.15, -0.1) is 0 Å². The summed E-state index contributed by atoms with van der Waals surface area (Å²) in [7, 11) is 0. The lowest BCUT2D eigenvalue weighted by Gasteiger charge is -2.09. The van der Waals surface area contributed by atoms with Crippen molar-refractivity contribution in [1.29, 1.82) is 0 Å². The van der Waals surface area contributed by atoms with Crippen LogP contribution in [0.1, 0.15) is 18.4 Å². The average Bonchev–Trinajstić information content (AvgIpc) is 3.07. The van der Waals surface area contributed by atoms with Gasteiger partial charge in [-0.2, -0.15) is 0 Å². The van der Waals surface area contributed by atoms with Gasteiger partial charge in [0.25, 0.3) is 0 Å². The minimum atomic E-state index is -0.336. The smallest absolute Gasteiger partial charge is 0.238 e. The van der Waals surface area contributed by atoms with E-state index in [2.05, 4.69) is 10.6 Å². The number of carbonyl (C=O) groups is 1. The molecule has 0 spiro atoms. The van der Waals surface area contributed by atoms with Crippen LogP contribution >= 0.6 is 0 Å². The largest absolute Gasteiger partial charge is 0.325 e. The second-order valence-electron chi connectivity index (χ2n) is 4.58. The summed E-state index contributed by atoms with van der Waals surface area (Å²) in [5.74, 6) is 0.287. The molecule has 0 atom stereocenters. The summed E-state index contributed by atoms with van der Waals surface area (Å²) in [5.41, 5.74) is 1.41. The molecule has 0 saturated heterocycles. The molecule has 0 bridgehead atoms. The van der Waals surface area contributed by atoms with E-state index in [-0.39, 0.29) is 18.3 Å². The van der Waals surface area contributed by atoms with Gasteiger partial charge in [0.05, 0.1) is 6.54 Å². The van der Waals surface area contributed by atoms with Gasteiger partial charge in [-0.1, -0.05) is 6.07 Å². The van der Waals surface area contributed by atoms with Crippen molar-refractivity contribution in [3.63, 3.8) is 0 Å². The molecule has 3 nitrogen and oxygen atoms in total. The lowest BCUT2D eigenvalue weighted by Crippen LogP contribution is -2.29. The van der Waals surface area contributed by atoms with Crippen LogP contribution in [0.25, 0.3) is 0 Å². The number of anilines is 1. The van der Waals surface area contributed by atoms with Crippen LogP contribution in [0, 0.1) is 18.7 Å². The Bertz CT molecular complexity index is 416. The van der Waals surface area contributed by atoms with Crippen molar-refractivity contribution in [2.24, 2.45) is 5.92 Å². The molecule has 1 aliphatic rings. The van der Waals surface area contributed by atoms with Crippen molar-refractivity contribution in [2.45, 2.75) is 19.8 Å². The highest BCUT2D eigenvalue weighted by Crippen LogP contribution is 2.27. The number of halogens is 1. The standard InChI is InChI=1S/C13H17FN2O/c1-9-2-5-11(14)6-12(9)16-13(17)8-15-7-10-3-4-10/h2,5-6,10,15H,3-4,7-8H2,1H3,(H,16,17). The third kappa shape index (κ3) is 3.82. The van der Waals surface area contributed by atoms with Crippen molar-refractivity contribution >= 4 is 11.6 Å². The maximum absolute atomic E-state index is 13.0. The molecule has 2 N–H and O–H groups in total. The maximum Gasteiger partial charge on any atom is 0.238 e. The highest BCUT2D eigenvalue weighted by molar-refractivity contribution is 5.92. The van der Waals surface area contributed by atoms with E-state index in [4.69, 9.17) is 0 Å². The molecule has 0 unspecified atom stereocenters. The fourth-order valence-electron chi connectivity index (χ4n) is 1.64. The minimum absolute atomic E-state index is 0.126. The third-order valence-corrected chi connectivity index (χ3v) is 2.89. The molecule has 1 aromatic rings. The number of hydrogen-bond acceptors (Lipinski definition) is 2. The summed E-state index contributed by atoms with van der Waals surface area (Å²) >= 11 is 0. The summed E-state index contributed by atoms with van der Waals surface area (Å²) < 4.78 is 13.0. The highest BCUT2D eigenvalue weighted by atomic mass is 19.1. The summed E-state index contributed by atoms with van der Waals surface area (Å²) in [6, 6.07) is 4.38. The molecule has 1 aromatic carbocycles. The van der Waals surface area contributed by atoms with Crippen molar-refractivity contribution in [3.05, 3.63) is 29.6 Å². The molecule has 92 valence electrons. The first-order valence-electron chi connectivity index (χ1n) is 5.92. The second-order valence-corrected chi connectivity index (χ2v) is 4.58. The quantitative estimate of drug-likeness (QED) is 0.821. The molecule has 2 rings (SSSR count). The number of benzene rings is 1. The molecule has 1 fully saturated rings. The Morgan fingerprint density at radius 3 is 2.94 bits per heavy atom. The van der Waals surface area contributed by atoms with E-state index >= 15 is 0 Å². The van der Waals surface area contributed by atoms with Crippen molar-refractivity contribution < 1.29 is 9.18 Å². The zero-order valence-electron chi connectivity index (χ0n) is 9.92. The summed E-state index contributed by atoms with van der Waals surface area (Å²) in [4.78, 5) is 11.6. The lowest BCUT2D eigenvalue weighted by molar-refractivity contribution is -0.115. The number of aryl methyl sites for hydroxylation is 1. The lowest BCUT2D eigenvalue weighted by atomic mass is 10.2. The van der Waals surface area contributed by atoms with Crippen LogP contribution < -0.4 is 10.6 Å². The summed E-state index contributed by atoms with van der Waals surface area (Å²) in [6.45, 7) is 3.02. The average molecular weight is 236 g/mol. The third-order valence-electron chi connectivity index (χ3n) is 2.89. The molecule has 0 radical (unpaired) electrons. The molecule has 0 heterocycles. The Kier molecular flexibility index (Phi) is 3.74. The van der Waals surface area contributed by atoms with Crippen LogP contribution in [-0.2, 0) is 4.79 Å². The van der Waals surface area contributed by atoms with Crippen LogP contribution in [0.3, 0.4) is 0 Å². The van der Waals surface area contributed by atoms with Gasteiger partial charge in [0.2, 0.25) is 5.91 Å². The van der Waals surface area contributed by atoms with Crippen LogP contribution in [0.15, 0.2) is 18.2 Å². The van der Waals surface area contributed by atoms with Crippen molar-refractivity contribution in [2.75, 3.05) is 18.4 Å². The monoisotopic (exact) mass is 236 g/mol. The van der Waals surface area contributed by atoms with Gasteiger partial charge in [0, 0.05) is 5.69 Å². The Morgan fingerprint density at radius 1 is 1.47 bits per heavy atom. The normalized spacial score (nSPS) is 14.7. The Hall–Kier alpha value is -1.42. The van der Waals surface area contributed by atoms with Crippen LogP contribution in [0.2, 0.25) is 0 Å². The first kappa shape index (κ1) is 12.0. The van der Waals surface area contributed by atoms with E-state index in [0.717, 1.165) is 18.0 Å². The fraction of sp³-hybridized carbons (Fsp3) is 0.462. The van der Waals surface area contributed by atoms with E-state index in [1.165, 1.54) is 25.0 Å². The van der Waals surface area contributed by atoms with E-state index in [1.54, 1.807) is 6.07 Å². The zero-order chi connectivity index (χ0) is 12.3. The number of nitrogens with one attached hydrogen (secondary N) is 2. The van der Waals surface area contributed by atoms with Gasteiger partial charge >= 0.3 is 0 Å². The molecular weight excluding hydrogens is 219 g/mol. The Labute approximate surface area is 100 Å². The van der Waals surface area contributed by atoms with Crippen molar-refractivity contribution in [3.8, 4) is 0 Å². The molecule has 0 aromatic heterocycles. The van der Waals surface area contributed by atoms with Crippen LogP contribution in [0.4, 0.5) is 10.1 Å². The van der Waals surface area contributed by atoms with Gasteiger partial charge in [-0.25, -0.2) is 4.39 Å². The molecule has 4 heteroatoms. The molecule has 1 amide bonds. The van der Waals surface area contributed by atoms with Crippen LogP contribution in [-0.4, -0.2) is 19.0 Å². The molecule has 1 aliphatic carbocycles. The van der Waals surface area contributed by atoms with Gasteiger partial charge in [0.15, 0.2) is 0 Å². The zero-order valence-corrected chi connectivity index (χ0v) is 9.92. The van der Waals surface area contributed by atoms with Crippen molar-refractivity contribution in [1.82, 2.24) is 5.32 Å². The molecule has 17 heavy (non-hydrogen) atoms. The topological polar surface area (TPSA) is 41.1 Å². The van der Waals surface area contributed by atoms with Gasteiger partial charge in [-0.3, -0.25) is 4.79 Å². The van der Waals surface area contributed by atoms with Gasteiger partial charge in [0.1, 0.15) is 5.82 Å². The van der Waals surface area contributed by atoms with E-state index in [1.807, 2.05) is 6.92 Å². The summed E-state index contributed by atoms with van der Waals surface area (Å²) in [6.07, 6.45) is 2.52. The number of rotatable bonds is 5. The minimum Gasteiger partial charge on any atom is -0.325 e. The first-order valence-corrected chi connectivity index (χ1v) is 5.92. The number of amides is 1. The van der Waals surface area contributed by atoms with Gasteiger partial charge < -0.3 is 10.6 Å². The molecular formula is C13H17FN2O. The number of carbonyl (C=O) groups excluding carboxylic acids is 1. The predicted octanol–water partition coefficient (Wildman–Crippen LogP) is 2.07. The Morgan fingerprint density at radius 2 is 2.24 bits per heavy atom. The van der Waals surface area contributed by atoms with Gasteiger partial charge in [-0.05, 0) is 49.9 Å². The maximum atomic E-state index is 13.0. The SMILES string of the molecule is Cc1ccc(F)cc1NC(=O)CNCC1CC1. The Balaban J connectivity index is 1.81. The van der Waals surface area contributed by atoms with E-state index in [0.29, 0.717) is 5.69 Å². The molecule has 0 aliphatic heterocycles. The first-order chi connectivity index (χ1) is 8.15. The van der Waals surface area contributed by atoms with Crippen LogP contribution in [0.5, 0.6) is 0 Å². The fourth-order valence-corrected chi connectivity index (χ4v) is 1.64. The molecule has 1 saturated carbocycles. The second kappa shape index (κ2) is 5.27. The van der Waals surface area contributed by atoms with E-state index in [9.17, 15) is 9.18 Å². The number of hydrogen-bond donors (Lipinski definition) is 2. The predicted molar refractivity (Wildman–Crippen MR) is 65.4 cm³/mol. The van der Waals surface area contributed by atoms with E-state index < -0.39 is 0 Å².